The molecule has 1 aromatic carbocycles. The molecular formula is C15H22N2O. The molecule has 3 nitrogen and oxygen atoms in total. The molecule has 1 saturated heterocycles. The molecule has 1 fully saturated rings. The van der Waals surface area contributed by atoms with Crippen LogP contribution in [0.15, 0.2) is 30.3 Å². The standard InChI is InChI=1S/C15H22N2O/c1-11(2)14(12-7-4-3-5-8-12)17-15(18)13-9-6-10-16-13/h3-5,7-8,11,13-14,16H,6,9-10H2,1-2H3,(H,17,18). The average Bonchev–Trinajstić information content (AvgIpc) is 2.90. The first kappa shape index (κ1) is 13.1. The van der Waals surface area contributed by atoms with Gasteiger partial charge in [-0.05, 0) is 30.9 Å². The Kier molecular flexibility index (Phi) is 4.37. The molecule has 1 amide bonds. The van der Waals surface area contributed by atoms with Gasteiger partial charge in [-0.25, -0.2) is 0 Å². The van der Waals surface area contributed by atoms with Crippen molar-refractivity contribution in [2.45, 2.75) is 38.8 Å². The maximum Gasteiger partial charge on any atom is 0.237 e. The summed E-state index contributed by atoms with van der Waals surface area (Å²) in [5, 5.41) is 6.41. The lowest BCUT2D eigenvalue weighted by atomic mass is 9.95. The van der Waals surface area contributed by atoms with E-state index in [1.54, 1.807) is 0 Å². The van der Waals surface area contributed by atoms with Crippen LogP contribution in [0, 0.1) is 5.92 Å². The van der Waals surface area contributed by atoms with Crippen molar-refractivity contribution in [3.8, 4) is 0 Å². The van der Waals surface area contributed by atoms with Crippen molar-refractivity contribution >= 4 is 5.91 Å². The Hall–Kier alpha value is -1.35. The van der Waals surface area contributed by atoms with Crippen molar-refractivity contribution in [1.82, 2.24) is 10.6 Å². The fourth-order valence-electron chi connectivity index (χ4n) is 2.46. The molecule has 0 aliphatic carbocycles. The van der Waals surface area contributed by atoms with Crippen molar-refractivity contribution in [3.05, 3.63) is 35.9 Å². The number of carbonyl (C=O) groups excluding carboxylic acids is 1. The Labute approximate surface area is 109 Å². The summed E-state index contributed by atoms with van der Waals surface area (Å²) in [5.74, 6) is 0.521. The Bertz CT molecular complexity index is 383. The highest BCUT2D eigenvalue weighted by Crippen LogP contribution is 2.21. The third-order valence-corrected chi connectivity index (χ3v) is 3.50. The van der Waals surface area contributed by atoms with E-state index < -0.39 is 0 Å². The molecule has 0 saturated carbocycles. The van der Waals surface area contributed by atoms with E-state index in [-0.39, 0.29) is 18.0 Å². The van der Waals surface area contributed by atoms with Crippen LogP contribution in [0.25, 0.3) is 0 Å². The Morgan fingerprint density at radius 2 is 2.06 bits per heavy atom. The van der Waals surface area contributed by atoms with Gasteiger partial charge in [0.15, 0.2) is 0 Å². The van der Waals surface area contributed by atoms with Crippen LogP contribution >= 0.6 is 0 Å². The molecule has 3 heteroatoms. The molecule has 18 heavy (non-hydrogen) atoms. The normalized spacial score (nSPS) is 20.9. The molecule has 2 N–H and O–H groups in total. The highest BCUT2D eigenvalue weighted by atomic mass is 16.2. The minimum atomic E-state index is -0.00466. The van der Waals surface area contributed by atoms with E-state index >= 15 is 0 Å². The summed E-state index contributed by atoms with van der Waals surface area (Å²) in [6, 6.07) is 10.3. The number of rotatable bonds is 4. The van der Waals surface area contributed by atoms with Gasteiger partial charge in [-0.3, -0.25) is 4.79 Å². The van der Waals surface area contributed by atoms with Crippen molar-refractivity contribution in [3.63, 3.8) is 0 Å². The first-order valence-electron chi connectivity index (χ1n) is 6.77. The minimum absolute atomic E-state index is 0.00466. The third-order valence-electron chi connectivity index (χ3n) is 3.50. The molecule has 1 aliphatic heterocycles. The summed E-state index contributed by atoms with van der Waals surface area (Å²) in [5.41, 5.74) is 1.18. The maximum absolute atomic E-state index is 12.2. The predicted octanol–water partition coefficient (Wildman–Crippen LogP) is 2.25. The van der Waals surface area contributed by atoms with E-state index in [1.807, 2.05) is 18.2 Å². The summed E-state index contributed by atoms with van der Waals surface area (Å²) in [7, 11) is 0. The number of amides is 1. The van der Waals surface area contributed by atoms with Crippen molar-refractivity contribution in [2.24, 2.45) is 5.92 Å². The molecule has 2 atom stereocenters. The van der Waals surface area contributed by atoms with Gasteiger partial charge >= 0.3 is 0 Å². The molecule has 1 aromatic rings. The van der Waals surface area contributed by atoms with Gasteiger partial charge in [-0.15, -0.1) is 0 Å². The zero-order chi connectivity index (χ0) is 13.0. The molecule has 0 aromatic heterocycles. The first-order valence-corrected chi connectivity index (χ1v) is 6.77. The van der Waals surface area contributed by atoms with Gasteiger partial charge in [-0.1, -0.05) is 44.2 Å². The molecule has 2 rings (SSSR count). The van der Waals surface area contributed by atoms with Gasteiger partial charge in [-0.2, -0.15) is 0 Å². The SMILES string of the molecule is CC(C)C(NC(=O)C1CCCN1)c1ccccc1. The Balaban J connectivity index is 2.05. The van der Waals surface area contributed by atoms with Gasteiger partial charge in [0, 0.05) is 0 Å². The van der Waals surface area contributed by atoms with Crippen LogP contribution < -0.4 is 10.6 Å². The minimum Gasteiger partial charge on any atom is -0.348 e. The number of nitrogens with one attached hydrogen (secondary N) is 2. The molecule has 1 heterocycles. The van der Waals surface area contributed by atoms with E-state index in [9.17, 15) is 4.79 Å². The second-order valence-electron chi connectivity index (χ2n) is 5.29. The van der Waals surface area contributed by atoms with Gasteiger partial charge in [0.25, 0.3) is 0 Å². The van der Waals surface area contributed by atoms with Crippen LogP contribution in [0.4, 0.5) is 0 Å². The second-order valence-corrected chi connectivity index (χ2v) is 5.29. The Morgan fingerprint density at radius 3 is 2.61 bits per heavy atom. The molecular weight excluding hydrogens is 224 g/mol. The number of carbonyl (C=O) groups is 1. The number of hydrogen-bond acceptors (Lipinski definition) is 2. The monoisotopic (exact) mass is 246 g/mol. The van der Waals surface area contributed by atoms with Crippen LogP contribution in [-0.2, 0) is 4.79 Å². The van der Waals surface area contributed by atoms with E-state index in [0.717, 1.165) is 19.4 Å². The van der Waals surface area contributed by atoms with Crippen LogP contribution in [0.2, 0.25) is 0 Å². The van der Waals surface area contributed by atoms with Gasteiger partial charge < -0.3 is 10.6 Å². The summed E-state index contributed by atoms with van der Waals surface area (Å²) < 4.78 is 0. The molecule has 98 valence electrons. The van der Waals surface area contributed by atoms with Crippen molar-refractivity contribution < 1.29 is 4.79 Å². The average molecular weight is 246 g/mol. The van der Waals surface area contributed by atoms with Crippen LogP contribution in [-0.4, -0.2) is 18.5 Å². The number of benzene rings is 1. The van der Waals surface area contributed by atoms with E-state index in [2.05, 4.69) is 36.6 Å². The third kappa shape index (κ3) is 3.10. The lowest BCUT2D eigenvalue weighted by Crippen LogP contribution is -2.43. The van der Waals surface area contributed by atoms with Crippen molar-refractivity contribution in [2.75, 3.05) is 6.54 Å². The van der Waals surface area contributed by atoms with E-state index in [0.29, 0.717) is 5.92 Å². The zero-order valence-corrected chi connectivity index (χ0v) is 11.1. The zero-order valence-electron chi connectivity index (χ0n) is 11.1. The van der Waals surface area contributed by atoms with Gasteiger partial charge in [0.1, 0.15) is 0 Å². The lowest BCUT2D eigenvalue weighted by Gasteiger charge is -2.24. The lowest BCUT2D eigenvalue weighted by molar-refractivity contribution is -0.123. The van der Waals surface area contributed by atoms with Crippen LogP contribution in [0.1, 0.15) is 38.3 Å². The molecule has 2 unspecified atom stereocenters. The highest BCUT2D eigenvalue weighted by Gasteiger charge is 2.25. The molecule has 0 bridgehead atoms. The van der Waals surface area contributed by atoms with Crippen LogP contribution in [0.3, 0.4) is 0 Å². The predicted molar refractivity (Wildman–Crippen MR) is 73.2 cm³/mol. The highest BCUT2D eigenvalue weighted by molar-refractivity contribution is 5.82. The van der Waals surface area contributed by atoms with Gasteiger partial charge in [0.05, 0.1) is 12.1 Å². The second kappa shape index (κ2) is 6.01. The van der Waals surface area contributed by atoms with Crippen molar-refractivity contribution in [1.29, 1.82) is 0 Å². The largest absolute Gasteiger partial charge is 0.348 e. The molecule has 0 spiro atoms. The van der Waals surface area contributed by atoms with E-state index in [1.165, 1.54) is 5.56 Å². The number of hydrogen-bond donors (Lipinski definition) is 2. The fraction of sp³-hybridized carbons (Fsp3) is 0.533. The first-order chi connectivity index (χ1) is 8.68. The van der Waals surface area contributed by atoms with E-state index in [4.69, 9.17) is 0 Å². The van der Waals surface area contributed by atoms with Crippen LogP contribution in [0.5, 0.6) is 0 Å². The van der Waals surface area contributed by atoms with Gasteiger partial charge in [0.2, 0.25) is 5.91 Å². The quantitative estimate of drug-likeness (QED) is 0.855. The molecule has 1 aliphatic rings. The fourth-order valence-corrected chi connectivity index (χ4v) is 2.46. The summed E-state index contributed by atoms with van der Waals surface area (Å²) in [4.78, 5) is 12.2. The summed E-state index contributed by atoms with van der Waals surface area (Å²) in [6.07, 6.45) is 2.04. The summed E-state index contributed by atoms with van der Waals surface area (Å²) >= 11 is 0. The topological polar surface area (TPSA) is 41.1 Å². The smallest absolute Gasteiger partial charge is 0.237 e. The molecule has 0 radical (unpaired) electrons. The Morgan fingerprint density at radius 1 is 1.33 bits per heavy atom. The summed E-state index contributed by atoms with van der Waals surface area (Å²) in [6.45, 7) is 5.23. The maximum atomic E-state index is 12.2.